The lowest BCUT2D eigenvalue weighted by Crippen LogP contribution is -2.12. The standard InChI is InChI=1S/C17H19Br2N/c1-2-3-4-12-5-7-13(8-6-12)17(20)15-11-14(18)9-10-16(15)19/h5-11,17H,2-4,20H2,1H3. The third-order valence-corrected chi connectivity index (χ3v) is 4.67. The maximum Gasteiger partial charge on any atom is 0.0563 e. The van der Waals surface area contributed by atoms with E-state index in [9.17, 15) is 0 Å². The minimum Gasteiger partial charge on any atom is -0.320 e. The number of unbranched alkanes of at least 4 members (excludes halogenated alkanes) is 1. The highest BCUT2D eigenvalue weighted by Gasteiger charge is 2.12. The van der Waals surface area contributed by atoms with Gasteiger partial charge in [0.1, 0.15) is 0 Å². The molecule has 0 heterocycles. The van der Waals surface area contributed by atoms with E-state index < -0.39 is 0 Å². The number of hydrogen-bond acceptors (Lipinski definition) is 1. The molecule has 2 aromatic carbocycles. The van der Waals surface area contributed by atoms with Crippen molar-refractivity contribution in [2.75, 3.05) is 0 Å². The van der Waals surface area contributed by atoms with Crippen LogP contribution in [0.15, 0.2) is 51.4 Å². The molecule has 106 valence electrons. The smallest absolute Gasteiger partial charge is 0.0563 e. The molecule has 0 aromatic heterocycles. The third kappa shape index (κ3) is 3.94. The van der Waals surface area contributed by atoms with E-state index in [1.54, 1.807) is 0 Å². The van der Waals surface area contributed by atoms with Gasteiger partial charge in [-0.15, -0.1) is 0 Å². The van der Waals surface area contributed by atoms with Gasteiger partial charge in [0, 0.05) is 8.95 Å². The molecule has 1 unspecified atom stereocenters. The van der Waals surface area contributed by atoms with Crippen LogP contribution in [0.2, 0.25) is 0 Å². The Morgan fingerprint density at radius 2 is 1.75 bits per heavy atom. The van der Waals surface area contributed by atoms with Gasteiger partial charge in [-0.25, -0.2) is 0 Å². The van der Waals surface area contributed by atoms with Gasteiger partial charge in [0.2, 0.25) is 0 Å². The molecule has 0 spiro atoms. The summed E-state index contributed by atoms with van der Waals surface area (Å²) in [5.41, 5.74) is 10.0. The Kier molecular flexibility index (Phi) is 5.82. The van der Waals surface area contributed by atoms with E-state index in [1.807, 2.05) is 12.1 Å². The summed E-state index contributed by atoms with van der Waals surface area (Å²) >= 11 is 7.08. The molecule has 2 N–H and O–H groups in total. The molecule has 0 saturated heterocycles. The van der Waals surface area contributed by atoms with Gasteiger partial charge in [0.05, 0.1) is 6.04 Å². The van der Waals surface area contributed by atoms with E-state index in [2.05, 4.69) is 69.1 Å². The summed E-state index contributed by atoms with van der Waals surface area (Å²) in [4.78, 5) is 0. The summed E-state index contributed by atoms with van der Waals surface area (Å²) in [6.45, 7) is 2.22. The summed E-state index contributed by atoms with van der Waals surface area (Å²) in [7, 11) is 0. The summed E-state index contributed by atoms with van der Waals surface area (Å²) in [5.74, 6) is 0. The molecule has 2 aromatic rings. The maximum absolute atomic E-state index is 6.39. The Morgan fingerprint density at radius 3 is 2.40 bits per heavy atom. The van der Waals surface area contributed by atoms with Gasteiger partial charge in [-0.2, -0.15) is 0 Å². The molecule has 0 aliphatic rings. The zero-order valence-corrected chi connectivity index (χ0v) is 14.7. The average molecular weight is 397 g/mol. The Balaban J connectivity index is 2.20. The third-order valence-electron chi connectivity index (χ3n) is 3.45. The molecular weight excluding hydrogens is 378 g/mol. The van der Waals surface area contributed by atoms with Crippen molar-refractivity contribution >= 4 is 31.9 Å². The number of aryl methyl sites for hydroxylation is 1. The van der Waals surface area contributed by atoms with Crippen molar-refractivity contribution < 1.29 is 0 Å². The maximum atomic E-state index is 6.39. The van der Waals surface area contributed by atoms with Crippen LogP contribution < -0.4 is 5.73 Å². The molecule has 1 atom stereocenters. The first-order valence-corrected chi connectivity index (χ1v) is 8.49. The predicted octanol–water partition coefficient (Wildman–Crippen LogP) is 5.60. The highest BCUT2D eigenvalue weighted by molar-refractivity contribution is 9.11. The predicted molar refractivity (Wildman–Crippen MR) is 92.9 cm³/mol. The SMILES string of the molecule is CCCCc1ccc(C(N)c2cc(Br)ccc2Br)cc1. The van der Waals surface area contributed by atoms with Crippen molar-refractivity contribution in [3.8, 4) is 0 Å². The van der Waals surface area contributed by atoms with Gasteiger partial charge >= 0.3 is 0 Å². The molecule has 0 fully saturated rings. The fraction of sp³-hybridized carbons (Fsp3) is 0.294. The number of rotatable bonds is 5. The highest BCUT2D eigenvalue weighted by atomic mass is 79.9. The molecule has 0 saturated carbocycles. The number of benzene rings is 2. The Morgan fingerprint density at radius 1 is 1.05 bits per heavy atom. The van der Waals surface area contributed by atoms with Crippen molar-refractivity contribution in [1.29, 1.82) is 0 Å². The highest BCUT2D eigenvalue weighted by Crippen LogP contribution is 2.29. The van der Waals surface area contributed by atoms with Crippen LogP contribution in [0.25, 0.3) is 0 Å². The van der Waals surface area contributed by atoms with Gasteiger partial charge < -0.3 is 5.73 Å². The Bertz CT molecular complexity index is 564. The van der Waals surface area contributed by atoms with E-state index in [0.29, 0.717) is 0 Å². The second-order valence-electron chi connectivity index (χ2n) is 4.99. The first-order valence-electron chi connectivity index (χ1n) is 6.91. The number of hydrogen-bond donors (Lipinski definition) is 1. The van der Waals surface area contributed by atoms with Gasteiger partial charge in [0.25, 0.3) is 0 Å². The first-order chi connectivity index (χ1) is 9.61. The van der Waals surface area contributed by atoms with Crippen molar-refractivity contribution in [3.05, 3.63) is 68.1 Å². The van der Waals surface area contributed by atoms with Crippen LogP contribution in [0, 0.1) is 0 Å². The first kappa shape index (κ1) is 15.7. The minimum atomic E-state index is -0.109. The second kappa shape index (κ2) is 7.39. The summed E-state index contributed by atoms with van der Waals surface area (Å²) < 4.78 is 2.09. The monoisotopic (exact) mass is 395 g/mol. The lowest BCUT2D eigenvalue weighted by Gasteiger charge is -2.15. The lowest BCUT2D eigenvalue weighted by atomic mass is 9.97. The van der Waals surface area contributed by atoms with Crippen molar-refractivity contribution in [1.82, 2.24) is 0 Å². The lowest BCUT2D eigenvalue weighted by molar-refractivity contribution is 0.793. The van der Waals surface area contributed by atoms with Crippen LogP contribution in [-0.2, 0) is 6.42 Å². The van der Waals surface area contributed by atoms with Crippen LogP contribution in [0.4, 0.5) is 0 Å². The van der Waals surface area contributed by atoms with Crippen LogP contribution >= 0.6 is 31.9 Å². The Hall–Kier alpha value is -0.640. The van der Waals surface area contributed by atoms with E-state index in [0.717, 1.165) is 26.5 Å². The molecule has 0 aliphatic heterocycles. The van der Waals surface area contributed by atoms with Crippen molar-refractivity contribution in [2.45, 2.75) is 32.2 Å². The van der Waals surface area contributed by atoms with E-state index >= 15 is 0 Å². The molecule has 0 aliphatic carbocycles. The quantitative estimate of drug-likeness (QED) is 0.698. The second-order valence-corrected chi connectivity index (χ2v) is 6.76. The van der Waals surface area contributed by atoms with E-state index in [-0.39, 0.29) is 6.04 Å². The fourth-order valence-electron chi connectivity index (χ4n) is 2.21. The fourth-order valence-corrected chi connectivity index (χ4v) is 3.08. The van der Waals surface area contributed by atoms with E-state index in [4.69, 9.17) is 5.73 Å². The molecule has 1 nitrogen and oxygen atoms in total. The van der Waals surface area contributed by atoms with Crippen molar-refractivity contribution in [3.63, 3.8) is 0 Å². The summed E-state index contributed by atoms with van der Waals surface area (Å²) in [6.07, 6.45) is 3.61. The Labute approximate surface area is 137 Å². The summed E-state index contributed by atoms with van der Waals surface area (Å²) in [5, 5.41) is 0. The van der Waals surface area contributed by atoms with Crippen molar-refractivity contribution in [2.24, 2.45) is 5.73 Å². The van der Waals surface area contributed by atoms with Crippen LogP contribution in [0.1, 0.15) is 42.5 Å². The molecule has 0 radical (unpaired) electrons. The number of halogens is 2. The molecule has 2 rings (SSSR count). The van der Waals surface area contributed by atoms with Crippen LogP contribution in [0.3, 0.4) is 0 Å². The molecule has 20 heavy (non-hydrogen) atoms. The van der Waals surface area contributed by atoms with Gasteiger partial charge in [-0.1, -0.05) is 69.5 Å². The largest absolute Gasteiger partial charge is 0.320 e. The molecule has 3 heteroatoms. The topological polar surface area (TPSA) is 26.0 Å². The zero-order valence-electron chi connectivity index (χ0n) is 11.6. The number of nitrogens with two attached hydrogens (primary N) is 1. The van der Waals surface area contributed by atoms with Crippen LogP contribution in [0.5, 0.6) is 0 Å². The summed E-state index contributed by atoms with van der Waals surface area (Å²) in [6, 6.07) is 14.7. The molecule has 0 amide bonds. The normalized spacial score (nSPS) is 12.4. The van der Waals surface area contributed by atoms with Gasteiger partial charge in [0.15, 0.2) is 0 Å². The van der Waals surface area contributed by atoms with Gasteiger partial charge in [-0.05, 0) is 47.7 Å². The average Bonchev–Trinajstić information content (AvgIpc) is 2.47. The van der Waals surface area contributed by atoms with Gasteiger partial charge in [-0.3, -0.25) is 0 Å². The molecule has 0 bridgehead atoms. The van der Waals surface area contributed by atoms with E-state index in [1.165, 1.54) is 18.4 Å². The van der Waals surface area contributed by atoms with Crippen LogP contribution in [-0.4, -0.2) is 0 Å². The zero-order chi connectivity index (χ0) is 14.5. The molecular formula is C17H19Br2N. The minimum absolute atomic E-state index is 0.109.